The van der Waals surface area contributed by atoms with Crippen LogP contribution in [0.4, 0.5) is 15.9 Å². The van der Waals surface area contributed by atoms with Crippen molar-refractivity contribution in [1.29, 1.82) is 0 Å². The van der Waals surface area contributed by atoms with Crippen molar-refractivity contribution < 1.29 is 9.18 Å². The van der Waals surface area contributed by atoms with E-state index in [2.05, 4.69) is 10.3 Å². The highest BCUT2D eigenvalue weighted by Gasteiger charge is 2.43. The van der Waals surface area contributed by atoms with Crippen LogP contribution in [-0.4, -0.2) is 21.6 Å². The molecule has 1 saturated carbocycles. The Labute approximate surface area is 154 Å². The first-order chi connectivity index (χ1) is 12.8. The lowest BCUT2D eigenvalue weighted by molar-refractivity contribution is -0.117. The molecule has 1 aliphatic carbocycles. The number of nitrogens with two attached hydrogens (primary N) is 1. The van der Waals surface area contributed by atoms with Gasteiger partial charge in [-0.15, -0.1) is 0 Å². The van der Waals surface area contributed by atoms with Crippen LogP contribution in [0.2, 0.25) is 0 Å². The molecule has 0 unspecified atom stereocenters. The van der Waals surface area contributed by atoms with Gasteiger partial charge in [0.25, 0.3) is 5.56 Å². The van der Waals surface area contributed by atoms with Crippen LogP contribution < -0.4 is 16.6 Å². The minimum atomic E-state index is -1.06. The van der Waals surface area contributed by atoms with Crippen molar-refractivity contribution in [1.82, 2.24) is 9.55 Å². The summed E-state index contributed by atoms with van der Waals surface area (Å²) in [6, 6.07) is 7.16. The van der Waals surface area contributed by atoms with Crippen molar-refractivity contribution in [3.8, 4) is 11.1 Å². The number of hydrogen-bond acceptors (Lipinski definition) is 4. The molecule has 1 amide bonds. The van der Waals surface area contributed by atoms with Gasteiger partial charge in [-0.05, 0) is 54.1 Å². The Hall–Kier alpha value is -3.22. The summed E-state index contributed by atoms with van der Waals surface area (Å²) in [7, 11) is 1.70. The van der Waals surface area contributed by atoms with E-state index < -0.39 is 12.1 Å². The number of amides is 1. The molecular weight excluding hydrogens is 347 g/mol. The molecule has 2 atom stereocenters. The minimum Gasteiger partial charge on any atom is -0.398 e. The van der Waals surface area contributed by atoms with Gasteiger partial charge in [0.1, 0.15) is 12.0 Å². The van der Waals surface area contributed by atoms with Crippen LogP contribution in [0.3, 0.4) is 0 Å². The number of halogens is 1. The number of hydrogen-bond donors (Lipinski definition) is 2. The van der Waals surface area contributed by atoms with E-state index in [0.717, 1.165) is 16.3 Å². The molecule has 0 bridgehead atoms. The van der Waals surface area contributed by atoms with E-state index in [1.54, 1.807) is 31.6 Å². The second-order valence-electron chi connectivity index (χ2n) is 6.99. The zero-order chi connectivity index (χ0) is 19.3. The molecule has 7 heteroatoms. The summed E-state index contributed by atoms with van der Waals surface area (Å²) in [6.07, 6.45) is 2.48. The van der Waals surface area contributed by atoms with E-state index in [1.165, 1.54) is 4.57 Å². The number of nitrogen functional groups attached to an aromatic ring is 1. The standard InChI is InChI=1S/C20H19FN4O2/c1-10-3-4-25(2)20(27)18(10)12-5-11-7-17(23-9-14(11)16(22)6-12)24-19(26)13-8-15(13)21/h3-7,9,13,15H,8,22H2,1-2H3,(H,23,24,26)/t13-,15-/m0/s1. The van der Waals surface area contributed by atoms with E-state index >= 15 is 0 Å². The zero-order valence-corrected chi connectivity index (χ0v) is 15.0. The van der Waals surface area contributed by atoms with E-state index in [1.807, 2.05) is 19.1 Å². The third-order valence-corrected chi connectivity index (χ3v) is 4.93. The smallest absolute Gasteiger partial charge is 0.258 e. The molecule has 0 saturated heterocycles. The lowest BCUT2D eigenvalue weighted by Crippen LogP contribution is -2.19. The van der Waals surface area contributed by atoms with E-state index in [9.17, 15) is 14.0 Å². The van der Waals surface area contributed by atoms with E-state index in [0.29, 0.717) is 22.6 Å². The topological polar surface area (TPSA) is 90.0 Å². The van der Waals surface area contributed by atoms with Gasteiger partial charge in [0.2, 0.25) is 5.91 Å². The fourth-order valence-electron chi connectivity index (χ4n) is 3.22. The summed E-state index contributed by atoms with van der Waals surface area (Å²) >= 11 is 0. The fourth-order valence-corrected chi connectivity index (χ4v) is 3.22. The zero-order valence-electron chi connectivity index (χ0n) is 15.0. The molecule has 2 heterocycles. The number of fused-ring (bicyclic) bond motifs is 1. The SMILES string of the molecule is Cc1ccn(C)c(=O)c1-c1cc(N)c2cnc(NC(=O)[C@H]3C[C@@H]3F)cc2c1. The van der Waals surface area contributed by atoms with Gasteiger partial charge in [0.15, 0.2) is 0 Å². The monoisotopic (exact) mass is 366 g/mol. The largest absolute Gasteiger partial charge is 0.398 e. The second-order valence-corrected chi connectivity index (χ2v) is 6.99. The van der Waals surface area contributed by atoms with Gasteiger partial charge >= 0.3 is 0 Å². The average Bonchev–Trinajstić information content (AvgIpc) is 3.35. The van der Waals surface area contributed by atoms with E-state index in [4.69, 9.17) is 5.73 Å². The third kappa shape index (κ3) is 3.05. The summed E-state index contributed by atoms with van der Waals surface area (Å²) in [5.41, 5.74) is 8.68. The number of benzene rings is 1. The lowest BCUT2D eigenvalue weighted by atomic mass is 9.98. The van der Waals surface area contributed by atoms with Crippen LogP contribution in [0, 0.1) is 12.8 Å². The Morgan fingerprint density at radius 3 is 2.81 bits per heavy atom. The number of aryl methyl sites for hydroxylation is 2. The molecule has 1 aromatic carbocycles. The maximum Gasteiger partial charge on any atom is 0.258 e. The molecule has 138 valence electrons. The van der Waals surface area contributed by atoms with Crippen LogP contribution >= 0.6 is 0 Å². The van der Waals surface area contributed by atoms with Crippen molar-refractivity contribution in [2.45, 2.75) is 19.5 Å². The Balaban J connectivity index is 1.79. The van der Waals surface area contributed by atoms with Gasteiger partial charge in [-0.1, -0.05) is 0 Å². The average molecular weight is 366 g/mol. The number of nitrogens with zero attached hydrogens (tertiary/aromatic N) is 2. The van der Waals surface area contributed by atoms with Crippen LogP contribution in [0.1, 0.15) is 12.0 Å². The van der Waals surface area contributed by atoms with Gasteiger partial charge in [-0.25, -0.2) is 9.37 Å². The quantitative estimate of drug-likeness (QED) is 0.698. The number of aromatic nitrogens is 2. The van der Waals surface area contributed by atoms with Crippen molar-refractivity contribution in [2.24, 2.45) is 13.0 Å². The highest BCUT2D eigenvalue weighted by molar-refractivity contribution is 6.00. The maximum absolute atomic E-state index is 13.1. The lowest BCUT2D eigenvalue weighted by Gasteiger charge is -2.11. The van der Waals surface area contributed by atoms with Crippen molar-refractivity contribution in [3.05, 3.63) is 52.6 Å². The highest BCUT2D eigenvalue weighted by Crippen LogP contribution is 2.35. The van der Waals surface area contributed by atoms with Crippen LogP contribution in [0.5, 0.6) is 0 Å². The van der Waals surface area contributed by atoms with Gasteiger partial charge < -0.3 is 15.6 Å². The summed E-state index contributed by atoms with van der Waals surface area (Å²) in [5, 5.41) is 4.10. The van der Waals surface area contributed by atoms with E-state index in [-0.39, 0.29) is 17.9 Å². The molecule has 3 N–H and O–H groups in total. The molecular formula is C20H19FN4O2. The molecule has 3 aromatic rings. The summed E-state index contributed by atoms with van der Waals surface area (Å²) in [4.78, 5) is 28.7. The number of carbonyl (C=O) groups excluding carboxylic acids is 1. The van der Waals surface area contributed by atoms with Gasteiger partial charge in [-0.3, -0.25) is 9.59 Å². The van der Waals surface area contributed by atoms with Gasteiger partial charge in [0, 0.05) is 30.5 Å². The first-order valence-corrected chi connectivity index (χ1v) is 8.66. The van der Waals surface area contributed by atoms with Crippen LogP contribution in [0.15, 0.2) is 41.5 Å². The van der Waals surface area contributed by atoms with Crippen molar-refractivity contribution in [3.63, 3.8) is 0 Å². The fraction of sp³-hybridized carbons (Fsp3) is 0.250. The molecule has 0 spiro atoms. The molecule has 0 aliphatic heterocycles. The van der Waals surface area contributed by atoms with Gasteiger partial charge in [-0.2, -0.15) is 0 Å². The summed E-state index contributed by atoms with van der Waals surface area (Å²) < 4.78 is 14.6. The molecule has 1 fully saturated rings. The van der Waals surface area contributed by atoms with Crippen molar-refractivity contribution >= 4 is 28.2 Å². The van der Waals surface area contributed by atoms with Gasteiger partial charge in [0.05, 0.1) is 11.5 Å². The van der Waals surface area contributed by atoms with Crippen molar-refractivity contribution in [2.75, 3.05) is 11.1 Å². The van der Waals surface area contributed by atoms with Crippen LogP contribution in [-0.2, 0) is 11.8 Å². The molecule has 1 aliphatic rings. The number of nitrogens with one attached hydrogen (secondary N) is 1. The Kier molecular flexibility index (Phi) is 3.95. The predicted octanol–water partition coefficient (Wildman–Crippen LogP) is 2.79. The maximum atomic E-state index is 13.1. The second kappa shape index (κ2) is 6.19. The van der Waals surface area contributed by atoms with Crippen LogP contribution in [0.25, 0.3) is 21.9 Å². The highest BCUT2D eigenvalue weighted by atomic mass is 19.1. The number of rotatable bonds is 3. The Morgan fingerprint density at radius 1 is 1.37 bits per heavy atom. The minimum absolute atomic E-state index is 0.112. The Bertz CT molecular complexity index is 1140. The summed E-state index contributed by atoms with van der Waals surface area (Å²) in [5.74, 6) is -0.624. The molecule has 27 heavy (non-hydrogen) atoms. The molecule has 2 aromatic heterocycles. The normalized spacial score (nSPS) is 18.5. The molecule has 0 radical (unpaired) electrons. The first kappa shape index (κ1) is 17.2. The first-order valence-electron chi connectivity index (χ1n) is 8.66. The molecule has 6 nitrogen and oxygen atoms in total. The Morgan fingerprint density at radius 2 is 2.11 bits per heavy atom. The third-order valence-electron chi connectivity index (χ3n) is 4.93. The number of pyridine rings is 2. The number of alkyl halides is 1. The predicted molar refractivity (Wildman–Crippen MR) is 103 cm³/mol. The number of carbonyl (C=O) groups is 1. The molecule has 4 rings (SSSR count). The number of anilines is 2. The summed E-state index contributed by atoms with van der Waals surface area (Å²) in [6.45, 7) is 1.87.